The smallest absolute Gasteiger partial charge is 0.338 e. The molecule has 2 heterocycles. The molecule has 1 saturated heterocycles. The lowest BCUT2D eigenvalue weighted by Crippen LogP contribution is -2.50. The average molecular weight is 265 g/mol. The molecule has 19 heavy (non-hydrogen) atoms. The first-order valence-corrected chi connectivity index (χ1v) is 5.78. The molecule has 7 nitrogen and oxygen atoms in total. The van der Waals surface area contributed by atoms with E-state index in [1.807, 2.05) is 0 Å². The Morgan fingerprint density at radius 1 is 1.58 bits per heavy atom. The number of nitrogens with two attached hydrogens (primary N) is 1. The summed E-state index contributed by atoms with van der Waals surface area (Å²) in [4.78, 5) is 28.4. The molecule has 1 fully saturated rings. The van der Waals surface area contributed by atoms with Crippen molar-refractivity contribution in [1.82, 2.24) is 4.98 Å². The SMILES string of the molecule is COC(=O)c1ccnc(N2CCC(N)(C(=O)O)C2)c1. The number of pyridine rings is 1. The van der Waals surface area contributed by atoms with E-state index in [0.717, 1.165) is 0 Å². The van der Waals surface area contributed by atoms with E-state index in [1.54, 1.807) is 11.0 Å². The second-order valence-corrected chi connectivity index (χ2v) is 4.53. The maximum absolute atomic E-state index is 11.4. The molecule has 102 valence electrons. The Kier molecular flexibility index (Phi) is 3.39. The summed E-state index contributed by atoms with van der Waals surface area (Å²) in [6.45, 7) is 0.653. The molecule has 1 aliphatic heterocycles. The van der Waals surface area contributed by atoms with Crippen molar-refractivity contribution < 1.29 is 19.4 Å². The quantitative estimate of drug-likeness (QED) is 0.732. The molecule has 2 rings (SSSR count). The van der Waals surface area contributed by atoms with Crippen LogP contribution < -0.4 is 10.6 Å². The Hall–Kier alpha value is -2.15. The van der Waals surface area contributed by atoms with Gasteiger partial charge in [0.05, 0.1) is 12.7 Å². The van der Waals surface area contributed by atoms with Crippen LogP contribution in [0.5, 0.6) is 0 Å². The molecule has 0 saturated carbocycles. The number of aliphatic carboxylic acids is 1. The van der Waals surface area contributed by atoms with Crippen LogP contribution in [0.25, 0.3) is 0 Å². The fourth-order valence-corrected chi connectivity index (χ4v) is 2.04. The van der Waals surface area contributed by atoms with Crippen LogP contribution in [0.3, 0.4) is 0 Å². The highest BCUT2D eigenvalue weighted by molar-refractivity contribution is 5.90. The van der Waals surface area contributed by atoms with Gasteiger partial charge < -0.3 is 20.5 Å². The number of methoxy groups -OCH3 is 1. The third kappa shape index (κ3) is 2.50. The van der Waals surface area contributed by atoms with E-state index in [2.05, 4.69) is 9.72 Å². The second-order valence-electron chi connectivity index (χ2n) is 4.53. The highest BCUT2D eigenvalue weighted by atomic mass is 16.5. The van der Waals surface area contributed by atoms with E-state index in [4.69, 9.17) is 10.8 Å². The minimum Gasteiger partial charge on any atom is -0.480 e. The zero-order chi connectivity index (χ0) is 14.0. The van der Waals surface area contributed by atoms with Crippen molar-refractivity contribution in [2.45, 2.75) is 12.0 Å². The van der Waals surface area contributed by atoms with Crippen molar-refractivity contribution in [3.05, 3.63) is 23.9 Å². The number of carboxylic acids is 1. The van der Waals surface area contributed by atoms with E-state index in [9.17, 15) is 9.59 Å². The molecule has 1 atom stereocenters. The summed E-state index contributed by atoms with van der Waals surface area (Å²) < 4.78 is 4.63. The van der Waals surface area contributed by atoms with Crippen LogP contribution in [0, 0.1) is 0 Å². The number of aromatic nitrogens is 1. The van der Waals surface area contributed by atoms with Crippen LogP contribution in [0.2, 0.25) is 0 Å². The zero-order valence-electron chi connectivity index (χ0n) is 10.5. The van der Waals surface area contributed by atoms with Crippen molar-refractivity contribution in [3.63, 3.8) is 0 Å². The van der Waals surface area contributed by atoms with Crippen LogP contribution in [-0.2, 0) is 9.53 Å². The Bertz CT molecular complexity index is 519. The maximum Gasteiger partial charge on any atom is 0.338 e. The van der Waals surface area contributed by atoms with E-state index in [-0.39, 0.29) is 6.54 Å². The summed E-state index contributed by atoms with van der Waals surface area (Å²) in [5.74, 6) is -0.962. The summed E-state index contributed by atoms with van der Waals surface area (Å²) in [7, 11) is 1.30. The average Bonchev–Trinajstić information content (AvgIpc) is 2.82. The monoisotopic (exact) mass is 265 g/mol. The standard InChI is InChI=1S/C12H15N3O4/c1-19-10(16)8-2-4-14-9(6-8)15-5-3-12(13,7-15)11(17)18/h2,4,6H,3,5,7,13H2,1H3,(H,17,18). The second kappa shape index (κ2) is 4.85. The van der Waals surface area contributed by atoms with Gasteiger partial charge in [-0.15, -0.1) is 0 Å². The topological polar surface area (TPSA) is 106 Å². The summed E-state index contributed by atoms with van der Waals surface area (Å²) >= 11 is 0. The van der Waals surface area contributed by atoms with Gasteiger partial charge >= 0.3 is 11.9 Å². The van der Waals surface area contributed by atoms with Crippen molar-refractivity contribution in [1.29, 1.82) is 0 Å². The number of hydrogen-bond donors (Lipinski definition) is 2. The number of carbonyl (C=O) groups excluding carboxylic acids is 1. The number of anilines is 1. The lowest BCUT2D eigenvalue weighted by atomic mass is 10.0. The third-order valence-electron chi connectivity index (χ3n) is 3.22. The molecular weight excluding hydrogens is 250 g/mol. The van der Waals surface area contributed by atoms with Gasteiger partial charge in [-0.25, -0.2) is 9.78 Å². The summed E-state index contributed by atoms with van der Waals surface area (Å²) in [6.07, 6.45) is 1.82. The van der Waals surface area contributed by atoms with Gasteiger partial charge in [0.25, 0.3) is 0 Å². The molecule has 1 aliphatic rings. The Balaban J connectivity index is 2.20. The number of hydrogen-bond acceptors (Lipinski definition) is 6. The van der Waals surface area contributed by atoms with Gasteiger partial charge in [-0.1, -0.05) is 0 Å². The molecule has 0 bridgehead atoms. The molecule has 0 aromatic carbocycles. The van der Waals surface area contributed by atoms with Crippen molar-refractivity contribution >= 4 is 17.8 Å². The maximum atomic E-state index is 11.4. The van der Waals surface area contributed by atoms with Crippen molar-refractivity contribution in [2.75, 3.05) is 25.1 Å². The van der Waals surface area contributed by atoms with E-state index in [1.165, 1.54) is 19.4 Å². The Morgan fingerprint density at radius 2 is 2.32 bits per heavy atom. The highest BCUT2D eigenvalue weighted by Gasteiger charge is 2.41. The van der Waals surface area contributed by atoms with Gasteiger partial charge in [-0.2, -0.15) is 0 Å². The van der Waals surface area contributed by atoms with Crippen LogP contribution >= 0.6 is 0 Å². The predicted octanol–water partition coefficient (Wildman–Crippen LogP) is -0.140. The zero-order valence-corrected chi connectivity index (χ0v) is 10.5. The molecule has 1 unspecified atom stereocenters. The summed E-state index contributed by atoms with van der Waals surface area (Å²) in [6, 6.07) is 3.11. The van der Waals surface area contributed by atoms with Gasteiger partial charge in [0.15, 0.2) is 0 Å². The first-order chi connectivity index (χ1) is 8.96. The largest absolute Gasteiger partial charge is 0.480 e. The normalized spacial score (nSPS) is 22.3. The third-order valence-corrected chi connectivity index (χ3v) is 3.22. The molecule has 0 amide bonds. The Morgan fingerprint density at radius 3 is 2.89 bits per heavy atom. The van der Waals surface area contributed by atoms with Crippen molar-refractivity contribution in [2.24, 2.45) is 5.73 Å². The number of nitrogens with zero attached hydrogens (tertiary/aromatic N) is 2. The van der Waals surface area contributed by atoms with Crippen LogP contribution in [0.15, 0.2) is 18.3 Å². The molecular formula is C12H15N3O4. The minimum atomic E-state index is -1.26. The molecule has 0 spiro atoms. The van der Waals surface area contributed by atoms with E-state index in [0.29, 0.717) is 24.3 Å². The molecule has 0 radical (unpaired) electrons. The Labute approximate surface area is 110 Å². The van der Waals surface area contributed by atoms with Gasteiger partial charge in [0.2, 0.25) is 0 Å². The summed E-state index contributed by atoms with van der Waals surface area (Å²) in [5.41, 5.74) is 4.90. The number of rotatable bonds is 3. The number of ether oxygens (including phenoxy) is 1. The van der Waals surface area contributed by atoms with E-state index < -0.39 is 17.5 Å². The number of carbonyl (C=O) groups is 2. The summed E-state index contributed by atoms with van der Waals surface area (Å²) in [5, 5.41) is 9.07. The van der Waals surface area contributed by atoms with E-state index >= 15 is 0 Å². The first kappa shape index (κ1) is 13.3. The van der Waals surface area contributed by atoms with Gasteiger partial charge in [-0.05, 0) is 18.6 Å². The fraction of sp³-hybridized carbons (Fsp3) is 0.417. The highest BCUT2D eigenvalue weighted by Crippen LogP contribution is 2.24. The number of carboxylic acid groups (broad SMARTS) is 1. The molecule has 1 aromatic rings. The fourth-order valence-electron chi connectivity index (χ4n) is 2.04. The number of esters is 1. The van der Waals surface area contributed by atoms with Crippen LogP contribution in [0.4, 0.5) is 5.82 Å². The molecule has 7 heteroatoms. The predicted molar refractivity (Wildman–Crippen MR) is 67.0 cm³/mol. The van der Waals surface area contributed by atoms with Gasteiger partial charge in [0, 0.05) is 19.3 Å². The van der Waals surface area contributed by atoms with Gasteiger partial charge in [0.1, 0.15) is 11.4 Å². The minimum absolute atomic E-state index is 0.167. The first-order valence-electron chi connectivity index (χ1n) is 5.78. The molecule has 1 aromatic heterocycles. The van der Waals surface area contributed by atoms with Gasteiger partial charge in [-0.3, -0.25) is 4.79 Å². The molecule has 3 N–H and O–H groups in total. The van der Waals surface area contributed by atoms with Crippen molar-refractivity contribution in [3.8, 4) is 0 Å². The molecule has 0 aliphatic carbocycles. The lowest BCUT2D eigenvalue weighted by Gasteiger charge is -2.21. The van der Waals surface area contributed by atoms with Crippen LogP contribution in [0.1, 0.15) is 16.8 Å². The van der Waals surface area contributed by atoms with Crippen LogP contribution in [-0.4, -0.2) is 47.8 Å². The lowest BCUT2D eigenvalue weighted by molar-refractivity contribution is -0.142.